The molecule has 0 aromatic rings. The molecule has 2 aliphatic rings. The molecule has 26 heavy (non-hydrogen) atoms. The summed E-state index contributed by atoms with van der Waals surface area (Å²) >= 11 is 0. The molecule has 4 heteroatoms. The van der Waals surface area contributed by atoms with Crippen LogP contribution in [0.1, 0.15) is 84.5 Å². The fourth-order valence-corrected chi connectivity index (χ4v) is 4.80. The Labute approximate surface area is 158 Å². The van der Waals surface area contributed by atoms with Gasteiger partial charge in [-0.05, 0) is 69.3 Å². The van der Waals surface area contributed by atoms with Crippen LogP contribution in [0.2, 0.25) is 0 Å². The van der Waals surface area contributed by atoms with Crippen LogP contribution in [-0.4, -0.2) is 27.4 Å². The zero-order chi connectivity index (χ0) is 19.1. The minimum Gasteiger partial charge on any atom is -0.512 e. The Morgan fingerprint density at radius 2 is 1.88 bits per heavy atom. The van der Waals surface area contributed by atoms with Crippen molar-refractivity contribution in [3.05, 3.63) is 23.0 Å². The van der Waals surface area contributed by atoms with E-state index in [0.717, 1.165) is 44.1 Å². The first kappa shape index (κ1) is 21.0. The summed E-state index contributed by atoms with van der Waals surface area (Å²) in [5.74, 6) is 0.376. The molecule has 2 rings (SSSR count). The molecule has 0 radical (unpaired) electrons. The molecular formula is C22H36O4. The minimum atomic E-state index is -0.737. The number of carboxylic acids is 1. The second kappa shape index (κ2) is 10.1. The van der Waals surface area contributed by atoms with Crippen molar-refractivity contribution in [2.75, 3.05) is 0 Å². The van der Waals surface area contributed by atoms with Gasteiger partial charge >= 0.3 is 5.97 Å². The van der Waals surface area contributed by atoms with E-state index in [2.05, 4.69) is 13.0 Å². The molecular weight excluding hydrogens is 328 g/mol. The number of carboxylic acid groups (broad SMARTS) is 1. The highest BCUT2D eigenvalue weighted by molar-refractivity contribution is 5.66. The minimum absolute atomic E-state index is 0.115. The van der Waals surface area contributed by atoms with Crippen molar-refractivity contribution in [2.24, 2.45) is 17.8 Å². The highest BCUT2D eigenvalue weighted by Crippen LogP contribution is 2.52. The Balaban J connectivity index is 1.93. The monoisotopic (exact) mass is 364 g/mol. The van der Waals surface area contributed by atoms with Crippen LogP contribution in [0.5, 0.6) is 0 Å². The molecule has 0 bridgehead atoms. The lowest BCUT2D eigenvalue weighted by atomic mass is 9.87. The third kappa shape index (κ3) is 5.60. The van der Waals surface area contributed by atoms with Crippen LogP contribution in [-0.2, 0) is 4.79 Å². The summed E-state index contributed by atoms with van der Waals surface area (Å²) < 4.78 is 0. The third-order valence-corrected chi connectivity index (χ3v) is 6.23. The van der Waals surface area contributed by atoms with Gasteiger partial charge in [-0.3, -0.25) is 4.79 Å². The lowest BCUT2D eigenvalue weighted by Gasteiger charge is -2.22. The number of aliphatic hydroxyl groups is 2. The van der Waals surface area contributed by atoms with E-state index in [4.69, 9.17) is 5.11 Å². The van der Waals surface area contributed by atoms with E-state index in [9.17, 15) is 15.0 Å². The van der Waals surface area contributed by atoms with Gasteiger partial charge in [-0.25, -0.2) is 0 Å². The standard InChI is InChI=1S/C22H36O4/c1-3-4-5-6-9-15(2)22(26)21-18-13-16(10-7-8-11-20(24)25)12-17(18)14-19(21)23/h10,17-19,21,23,26H,3-9,11-14H2,1-2H3,(H,24,25)/b16-10-,22-15?/t17-,18+,19-,21-/m0/s1. The molecule has 4 atom stereocenters. The van der Waals surface area contributed by atoms with Crippen LogP contribution < -0.4 is 0 Å². The summed E-state index contributed by atoms with van der Waals surface area (Å²) in [6, 6.07) is 0. The van der Waals surface area contributed by atoms with Crippen molar-refractivity contribution in [3.63, 3.8) is 0 Å². The van der Waals surface area contributed by atoms with Crippen molar-refractivity contribution >= 4 is 5.97 Å². The molecule has 0 heterocycles. The summed E-state index contributed by atoms with van der Waals surface area (Å²) in [6.07, 6.45) is 11.9. The van der Waals surface area contributed by atoms with Gasteiger partial charge in [0, 0.05) is 12.3 Å². The summed E-state index contributed by atoms with van der Waals surface area (Å²) in [7, 11) is 0. The van der Waals surface area contributed by atoms with Crippen molar-refractivity contribution < 1.29 is 20.1 Å². The zero-order valence-corrected chi connectivity index (χ0v) is 16.4. The number of fused-ring (bicyclic) bond motifs is 1. The van der Waals surface area contributed by atoms with Gasteiger partial charge in [0.05, 0.1) is 11.9 Å². The summed E-state index contributed by atoms with van der Waals surface area (Å²) in [5.41, 5.74) is 2.43. The van der Waals surface area contributed by atoms with Crippen LogP contribution in [0.4, 0.5) is 0 Å². The Kier molecular flexibility index (Phi) is 8.20. The predicted molar refractivity (Wildman–Crippen MR) is 104 cm³/mol. The highest BCUT2D eigenvalue weighted by atomic mass is 16.4. The number of carbonyl (C=O) groups is 1. The van der Waals surface area contributed by atoms with Gasteiger partial charge < -0.3 is 15.3 Å². The normalized spacial score (nSPS) is 30.5. The highest BCUT2D eigenvalue weighted by Gasteiger charge is 2.48. The maximum absolute atomic E-state index is 10.8. The number of allylic oxidation sites excluding steroid dienone is 3. The number of aliphatic hydroxyl groups excluding tert-OH is 2. The zero-order valence-electron chi connectivity index (χ0n) is 16.4. The Bertz CT molecular complexity index is 534. The van der Waals surface area contributed by atoms with E-state index in [1.54, 1.807) is 0 Å². The first-order valence-electron chi connectivity index (χ1n) is 10.4. The van der Waals surface area contributed by atoms with Crippen LogP contribution in [0.15, 0.2) is 23.0 Å². The smallest absolute Gasteiger partial charge is 0.303 e. The SMILES string of the molecule is CCCCCCC(C)=C(O)[C@H]1[C@@H]2C/C(=C\CCCC(=O)O)C[C@H]2C[C@@H]1O. The molecule has 4 nitrogen and oxygen atoms in total. The molecule has 0 saturated heterocycles. The van der Waals surface area contributed by atoms with Gasteiger partial charge in [0.25, 0.3) is 0 Å². The quantitative estimate of drug-likeness (QED) is 0.276. The maximum Gasteiger partial charge on any atom is 0.303 e. The van der Waals surface area contributed by atoms with Gasteiger partial charge in [0.2, 0.25) is 0 Å². The number of hydrogen-bond donors (Lipinski definition) is 3. The van der Waals surface area contributed by atoms with Crippen molar-refractivity contribution in [2.45, 2.75) is 90.6 Å². The topological polar surface area (TPSA) is 77.8 Å². The summed E-state index contributed by atoms with van der Waals surface area (Å²) in [6.45, 7) is 4.21. The lowest BCUT2D eigenvalue weighted by molar-refractivity contribution is -0.137. The molecule has 0 aromatic heterocycles. The fourth-order valence-electron chi connectivity index (χ4n) is 4.80. The van der Waals surface area contributed by atoms with E-state index in [1.165, 1.54) is 24.8 Å². The molecule has 2 fully saturated rings. The van der Waals surface area contributed by atoms with Gasteiger partial charge in [-0.15, -0.1) is 0 Å². The third-order valence-electron chi connectivity index (χ3n) is 6.23. The first-order chi connectivity index (χ1) is 12.4. The number of rotatable bonds is 10. The van der Waals surface area contributed by atoms with Crippen molar-refractivity contribution in [1.29, 1.82) is 0 Å². The summed E-state index contributed by atoms with van der Waals surface area (Å²) in [4.78, 5) is 10.6. The molecule has 3 N–H and O–H groups in total. The van der Waals surface area contributed by atoms with Crippen LogP contribution in [0.3, 0.4) is 0 Å². The Hall–Kier alpha value is -1.29. The Morgan fingerprint density at radius 1 is 1.12 bits per heavy atom. The molecule has 0 amide bonds. The fraction of sp³-hybridized carbons (Fsp3) is 0.773. The average Bonchev–Trinajstić information content (AvgIpc) is 3.10. The van der Waals surface area contributed by atoms with Gasteiger partial charge in [0.15, 0.2) is 0 Å². The molecule has 2 aliphatic carbocycles. The van der Waals surface area contributed by atoms with E-state index in [1.807, 2.05) is 6.92 Å². The molecule has 0 aliphatic heterocycles. The number of hydrogen-bond acceptors (Lipinski definition) is 3. The molecule has 0 unspecified atom stereocenters. The number of aliphatic carboxylic acids is 1. The summed E-state index contributed by atoms with van der Waals surface area (Å²) in [5, 5.41) is 30.0. The van der Waals surface area contributed by atoms with Crippen molar-refractivity contribution in [1.82, 2.24) is 0 Å². The van der Waals surface area contributed by atoms with Gasteiger partial charge in [0.1, 0.15) is 0 Å². The van der Waals surface area contributed by atoms with Gasteiger partial charge in [-0.2, -0.15) is 0 Å². The van der Waals surface area contributed by atoms with Gasteiger partial charge in [-0.1, -0.05) is 37.8 Å². The van der Waals surface area contributed by atoms with E-state index >= 15 is 0 Å². The second-order valence-electron chi connectivity index (χ2n) is 8.29. The second-order valence-corrected chi connectivity index (χ2v) is 8.29. The maximum atomic E-state index is 10.8. The van der Waals surface area contributed by atoms with Crippen LogP contribution in [0.25, 0.3) is 0 Å². The Morgan fingerprint density at radius 3 is 2.58 bits per heavy atom. The molecule has 2 saturated carbocycles. The first-order valence-corrected chi connectivity index (χ1v) is 10.4. The van der Waals surface area contributed by atoms with Crippen molar-refractivity contribution in [3.8, 4) is 0 Å². The molecule has 0 spiro atoms. The average molecular weight is 365 g/mol. The molecule has 148 valence electrons. The predicted octanol–water partition coefficient (Wildman–Crippen LogP) is 5.38. The van der Waals surface area contributed by atoms with E-state index in [-0.39, 0.29) is 12.3 Å². The van der Waals surface area contributed by atoms with Crippen LogP contribution >= 0.6 is 0 Å². The lowest BCUT2D eigenvalue weighted by Crippen LogP contribution is -2.22. The van der Waals surface area contributed by atoms with Crippen LogP contribution in [0, 0.1) is 17.8 Å². The molecule has 0 aromatic carbocycles. The largest absolute Gasteiger partial charge is 0.512 e. The number of unbranched alkanes of at least 4 members (excludes halogenated alkanes) is 4. The van der Waals surface area contributed by atoms with E-state index < -0.39 is 12.1 Å². The van der Waals surface area contributed by atoms with E-state index in [0.29, 0.717) is 24.0 Å².